The first kappa shape index (κ1) is 8.37. The molecule has 0 radical (unpaired) electrons. The van der Waals surface area contributed by atoms with Gasteiger partial charge >= 0.3 is 0 Å². The number of ether oxygens (including phenoxy) is 1. The van der Waals surface area contributed by atoms with Crippen LogP contribution in [0.2, 0.25) is 0 Å². The molecule has 0 amide bonds. The molecule has 0 saturated carbocycles. The lowest BCUT2D eigenvalue weighted by Gasteiger charge is -2.21. The van der Waals surface area contributed by atoms with E-state index in [1.165, 1.54) is 0 Å². The number of rotatable bonds is 1. The lowest BCUT2D eigenvalue weighted by Crippen LogP contribution is -2.33. The Labute approximate surface area is 68.1 Å². The van der Waals surface area contributed by atoms with E-state index in [1.54, 1.807) is 0 Å². The highest BCUT2D eigenvalue weighted by molar-refractivity contribution is 5.75. The van der Waals surface area contributed by atoms with E-state index in [4.69, 9.17) is 4.74 Å². The molecule has 0 fully saturated rings. The molecule has 0 bridgehead atoms. The van der Waals surface area contributed by atoms with Crippen LogP contribution in [0.3, 0.4) is 0 Å². The highest BCUT2D eigenvalue weighted by atomic mass is 16.5. The molecule has 0 aromatic heterocycles. The minimum absolute atomic E-state index is 0.325. The summed E-state index contributed by atoms with van der Waals surface area (Å²) in [6.07, 6.45) is 0. The average Bonchev–Trinajstić information content (AvgIpc) is 2.34. The van der Waals surface area contributed by atoms with Crippen LogP contribution in [-0.2, 0) is 4.74 Å². The van der Waals surface area contributed by atoms with Gasteiger partial charge in [-0.2, -0.15) is 0 Å². The van der Waals surface area contributed by atoms with Gasteiger partial charge in [0.15, 0.2) is 0 Å². The normalized spacial score (nSPS) is 23.4. The number of hydrogen-bond acceptors (Lipinski definition) is 3. The number of aliphatic imine (C=N–C) groups is 1. The third kappa shape index (κ3) is 1.85. The zero-order valence-corrected chi connectivity index (χ0v) is 7.66. The summed E-state index contributed by atoms with van der Waals surface area (Å²) in [5.41, 5.74) is 0. The molecule has 0 spiro atoms. The van der Waals surface area contributed by atoms with Crippen molar-refractivity contribution in [1.29, 1.82) is 0 Å². The number of hydrogen-bond donors (Lipinski definition) is 0. The van der Waals surface area contributed by atoms with Crippen LogP contribution in [0.5, 0.6) is 0 Å². The average molecular weight is 156 g/mol. The smallest absolute Gasteiger partial charge is 0.287 e. The molecule has 0 aromatic rings. The van der Waals surface area contributed by atoms with Gasteiger partial charge in [-0.3, -0.25) is 0 Å². The molecule has 0 saturated heterocycles. The first-order chi connectivity index (χ1) is 5.11. The summed E-state index contributed by atoms with van der Waals surface area (Å²) in [6.45, 7) is 7.03. The molecule has 1 rings (SSSR count). The van der Waals surface area contributed by atoms with Gasteiger partial charge in [0.25, 0.3) is 6.02 Å². The molecule has 1 atom stereocenters. The van der Waals surface area contributed by atoms with E-state index in [0.717, 1.165) is 12.6 Å². The van der Waals surface area contributed by atoms with Crippen molar-refractivity contribution in [2.24, 2.45) is 4.99 Å². The molecule has 11 heavy (non-hydrogen) atoms. The summed E-state index contributed by atoms with van der Waals surface area (Å²) in [5.74, 6) is 0. The van der Waals surface area contributed by atoms with E-state index in [1.807, 2.05) is 11.9 Å². The van der Waals surface area contributed by atoms with Gasteiger partial charge in [0.2, 0.25) is 0 Å². The van der Waals surface area contributed by atoms with Gasteiger partial charge in [0.1, 0.15) is 6.61 Å². The SMILES string of the molecule is CC1COC(N(C)C(C)C)=N1. The van der Waals surface area contributed by atoms with Crippen molar-refractivity contribution in [1.82, 2.24) is 4.90 Å². The summed E-state index contributed by atoms with van der Waals surface area (Å²) in [6, 6.07) is 1.57. The Morgan fingerprint density at radius 2 is 2.27 bits per heavy atom. The van der Waals surface area contributed by atoms with Crippen LogP contribution in [0.4, 0.5) is 0 Å². The van der Waals surface area contributed by atoms with Crippen molar-refractivity contribution in [2.75, 3.05) is 13.7 Å². The van der Waals surface area contributed by atoms with Crippen molar-refractivity contribution in [3.63, 3.8) is 0 Å². The van der Waals surface area contributed by atoms with Crippen molar-refractivity contribution in [3.8, 4) is 0 Å². The molecule has 3 heteroatoms. The standard InChI is InChI=1S/C8H16N2O/c1-6(2)10(4)8-9-7(3)5-11-8/h6-7H,5H2,1-4H3. The minimum Gasteiger partial charge on any atom is -0.463 e. The van der Waals surface area contributed by atoms with E-state index >= 15 is 0 Å². The zero-order valence-electron chi connectivity index (χ0n) is 7.66. The second-order valence-electron chi connectivity index (χ2n) is 3.28. The highest BCUT2D eigenvalue weighted by Crippen LogP contribution is 2.07. The van der Waals surface area contributed by atoms with E-state index in [0.29, 0.717) is 12.1 Å². The van der Waals surface area contributed by atoms with Gasteiger partial charge in [-0.1, -0.05) is 0 Å². The summed E-state index contributed by atoms with van der Waals surface area (Å²) >= 11 is 0. The topological polar surface area (TPSA) is 24.8 Å². The van der Waals surface area contributed by atoms with Crippen LogP contribution >= 0.6 is 0 Å². The fourth-order valence-corrected chi connectivity index (χ4v) is 0.872. The lowest BCUT2D eigenvalue weighted by molar-refractivity contribution is 0.252. The van der Waals surface area contributed by atoms with Gasteiger partial charge in [-0.25, -0.2) is 4.99 Å². The summed E-state index contributed by atoms with van der Waals surface area (Å²) in [5, 5.41) is 0. The molecule has 1 heterocycles. The molecule has 1 unspecified atom stereocenters. The predicted octanol–water partition coefficient (Wildman–Crippen LogP) is 1.10. The minimum atomic E-state index is 0.325. The molecular weight excluding hydrogens is 140 g/mol. The molecule has 0 aliphatic carbocycles. The van der Waals surface area contributed by atoms with Crippen LogP contribution in [0.25, 0.3) is 0 Å². The largest absolute Gasteiger partial charge is 0.463 e. The molecule has 0 aromatic carbocycles. The van der Waals surface area contributed by atoms with Crippen LogP contribution in [0.15, 0.2) is 4.99 Å². The Balaban J connectivity index is 2.54. The fraction of sp³-hybridized carbons (Fsp3) is 0.875. The number of nitrogens with zero attached hydrogens (tertiary/aromatic N) is 2. The maximum absolute atomic E-state index is 5.36. The maximum Gasteiger partial charge on any atom is 0.287 e. The second-order valence-corrected chi connectivity index (χ2v) is 3.28. The first-order valence-electron chi connectivity index (χ1n) is 4.04. The van der Waals surface area contributed by atoms with Gasteiger partial charge in [0, 0.05) is 13.1 Å². The van der Waals surface area contributed by atoms with Crippen LogP contribution in [-0.4, -0.2) is 36.7 Å². The molecule has 1 aliphatic rings. The van der Waals surface area contributed by atoms with Gasteiger partial charge in [-0.15, -0.1) is 0 Å². The van der Waals surface area contributed by atoms with Crippen molar-refractivity contribution in [2.45, 2.75) is 32.9 Å². The van der Waals surface area contributed by atoms with Crippen molar-refractivity contribution >= 4 is 6.02 Å². The second kappa shape index (κ2) is 3.11. The Morgan fingerprint density at radius 3 is 2.64 bits per heavy atom. The molecule has 0 N–H and O–H groups in total. The summed E-state index contributed by atoms with van der Waals surface area (Å²) < 4.78 is 5.36. The monoisotopic (exact) mass is 156 g/mol. The van der Waals surface area contributed by atoms with Gasteiger partial charge in [-0.05, 0) is 20.8 Å². The van der Waals surface area contributed by atoms with Crippen molar-refractivity contribution < 1.29 is 4.74 Å². The van der Waals surface area contributed by atoms with E-state index in [-0.39, 0.29) is 0 Å². The Morgan fingerprint density at radius 1 is 1.64 bits per heavy atom. The fourth-order valence-electron chi connectivity index (χ4n) is 0.872. The third-order valence-corrected chi connectivity index (χ3v) is 1.86. The number of amidine groups is 1. The maximum atomic E-state index is 5.36. The van der Waals surface area contributed by atoms with Crippen LogP contribution in [0.1, 0.15) is 20.8 Å². The van der Waals surface area contributed by atoms with Gasteiger partial charge in [0.05, 0.1) is 6.04 Å². The van der Waals surface area contributed by atoms with E-state index < -0.39 is 0 Å². The Hall–Kier alpha value is -0.730. The molecule has 1 aliphatic heterocycles. The third-order valence-electron chi connectivity index (χ3n) is 1.86. The first-order valence-corrected chi connectivity index (χ1v) is 4.04. The van der Waals surface area contributed by atoms with E-state index in [2.05, 4.69) is 25.8 Å². The quantitative estimate of drug-likeness (QED) is 0.568. The van der Waals surface area contributed by atoms with Crippen molar-refractivity contribution in [3.05, 3.63) is 0 Å². The molecule has 64 valence electrons. The Bertz CT molecular complexity index is 165. The van der Waals surface area contributed by atoms with Crippen LogP contribution in [0, 0.1) is 0 Å². The van der Waals surface area contributed by atoms with E-state index in [9.17, 15) is 0 Å². The summed E-state index contributed by atoms with van der Waals surface area (Å²) in [4.78, 5) is 6.38. The molecular formula is C8H16N2O. The lowest BCUT2D eigenvalue weighted by atomic mass is 10.4. The Kier molecular flexibility index (Phi) is 2.37. The van der Waals surface area contributed by atoms with Crippen LogP contribution < -0.4 is 0 Å². The van der Waals surface area contributed by atoms with Gasteiger partial charge < -0.3 is 9.64 Å². The highest BCUT2D eigenvalue weighted by Gasteiger charge is 2.19. The zero-order chi connectivity index (χ0) is 8.43. The molecule has 3 nitrogen and oxygen atoms in total. The predicted molar refractivity (Wildman–Crippen MR) is 45.7 cm³/mol. The summed E-state index contributed by atoms with van der Waals surface area (Å²) in [7, 11) is 2.00.